The Balaban J connectivity index is 1.99. The van der Waals surface area contributed by atoms with Gasteiger partial charge in [-0.15, -0.1) is 0 Å². The second kappa shape index (κ2) is 4.66. The number of nitrogens with one attached hydrogen (secondary N) is 1. The molecule has 0 aromatic carbocycles. The van der Waals surface area contributed by atoms with Gasteiger partial charge in [-0.25, -0.2) is 0 Å². The molecule has 96 valence electrons. The molecule has 0 saturated carbocycles. The zero-order chi connectivity index (χ0) is 13.2. The molecule has 1 amide bonds. The van der Waals surface area contributed by atoms with Gasteiger partial charge in [-0.2, -0.15) is 5.10 Å². The van der Waals surface area contributed by atoms with E-state index in [-0.39, 0.29) is 12.5 Å². The quantitative estimate of drug-likeness (QED) is 0.833. The van der Waals surface area contributed by atoms with Gasteiger partial charge in [-0.3, -0.25) is 9.48 Å². The summed E-state index contributed by atoms with van der Waals surface area (Å²) in [5.74, 6) is -0.284. The summed E-state index contributed by atoms with van der Waals surface area (Å²) in [5, 5.41) is 16.9. The molecule has 0 radical (unpaired) electrons. The van der Waals surface area contributed by atoms with Crippen molar-refractivity contribution in [3.63, 3.8) is 0 Å². The molecule has 2 aromatic rings. The number of carbonyl (C=O) groups is 1. The first-order valence-corrected chi connectivity index (χ1v) is 5.51. The fourth-order valence-corrected chi connectivity index (χ4v) is 1.55. The number of aliphatic hydroxyl groups is 1. The van der Waals surface area contributed by atoms with Crippen molar-refractivity contribution in [3.05, 3.63) is 42.1 Å². The van der Waals surface area contributed by atoms with E-state index in [1.807, 2.05) is 0 Å². The molecule has 2 heterocycles. The first kappa shape index (κ1) is 12.4. The largest absolute Gasteiger partial charge is 0.472 e. The molecule has 6 nitrogen and oxygen atoms in total. The van der Waals surface area contributed by atoms with Crippen LogP contribution in [0.5, 0.6) is 0 Å². The average Bonchev–Trinajstić information content (AvgIpc) is 2.96. The number of amides is 1. The van der Waals surface area contributed by atoms with Gasteiger partial charge in [0.05, 0.1) is 24.6 Å². The number of aryl methyl sites for hydroxylation is 1. The van der Waals surface area contributed by atoms with Crippen LogP contribution in [0.3, 0.4) is 0 Å². The molecular formula is C12H15N3O3. The number of carbonyl (C=O) groups excluding carboxylic acids is 1. The molecule has 2 rings (SSSR count). The Hall–Kier alpha value is -2.08. The molecule has 18 heavy (non-hydrogen) atoms. The number of hydrogen-bond donors (Lipinski definition) is 2. The Bertz CT molecular complexity index is 529. The molecule has 2 aromatic heterocycles. The van der Waals surface area contributed by atoms with Crippen LogP contribution in [0.4, 0.5) is 0 Å². The molecule has 0 aliphatic heterocycles. The van der Waals surface area contributed by atoms with Gasteiger partial charge in [0.2, 0.25) is 0 Å². The Labute approximate surface area is 104 Å². The highest BCUT2D eigenvalue weighted by Crippen LogP contribution is 2.18. The minimum absolute atomic E-state index is 0.0999. The van der Waals surface area contributed by atoms with Crippen LogP contribution in [-0.2, 0) is 12.6 Å². The predicted molar refractivity (Wildman–Crippen MR) is 63.8 cm³/mol. The van der Waals surface area contributed by atoms with E-state index in [0.29, 0.717) is 11.1 Å². The van der Waals surface area contributed by atoms with E-state index in [0.717, 1.165) is 0 Å². The zero-order valence-corrected chi connectivity index (χ0v) is 10.3. The van der Waals surface area contributed by atoms with Crippen LogP contribution in [0.1, 0.15) is 22.8 Å². The van der Waals surface area contributed by atoms with Gasteiger partial charge in [-0.1, -0.05) is 0 Å². The summed E-state index contributed by atoms with van der Waals surface area (Å²) in [7, 11) is 1.77. The van der Waals surface area contributed by atoms with Crippen molar-refractivity contribution in [2.75, 3.05) is 6.54 Å². The fraction of sp³-hybridized carbons (Fsp3) is 0.333. The molecule has 1 unspecified atom stereocenters. The Morgan fingerprint density at radius 1 is 1.67 bits per heavy atom. The molecule has 1 atom stereocenters. The van der Waals surface area contributed by atoms with Crippen molar-refractivity contribution in [1.82, 2.24) is 15.1 Å². The topological polar surface area (TPSA) is 80.3 Å². The summed E-state index contributed by atoms with van der Waals surface area (Å²) < 4.78 is 6.42. The van der Waals surface area contributed by atoms with Crippen molar-refractivity contribution >= 4 is 5.91 Å². The van der Waals surface area contributed by atoms with Gasteiger partial charge in [0, 0.05) is 18.8 Å². The van der Waals surface area contributed by atoms with E-state index in [4.69, 9.17) is 4.42 Å². The maximum absolute atomic E-state index is 11.7. The van der Waals surface area contributed by atoms with E-state index >= 15 is 0 Å². The molecule has 0 fully saturated rings. The SMILES string of the molecule is Cn1cc(C(C)(O)CNC(=O)c2ccoc2)cn1. The highest BCUT2D eigenvalue weighted by molar-refractivity contribution is 5.93. The van der Waals surface area contributed by atoms with E-state index < -0.39 is 5.60 Å². The lowest BCUT2D eigenvalue weighted by Crippen LogP contribution is -2.38. The standard InChI is InChI=1S/C12H15N3O3/c1-12(17,10-5-14-15(2)6-10)8-13-11(16)9-3-4-18-7-9/h3-7,17H,8H2,1-2H3,(H,13,16). The van der Waals surface area contributed by atoms with Gasteiger partial charge in [-0.05, 0) is 13.0 Å². The van der Waals surface area contributed by atoms with Crippen LogP contribution in [0.25, 0.3) is 0 Å². The summed E-state index contributed by atoms with van der Waals surface area (Å²) >= 11 is 0. The molecule has 0 saturated heterocycles. The van der Waals surface area contributed by atoms with Gasteiger partial charge in [0.15, 0.2) is 0 Å². The van der Waals surface area contributed by atoms with Crippen LogP contribution >= 0.6 is 0 Å². The van der Waals surface area contributed by atoms with Crippen LogP contribution < -0.4 is 5.32 Å². The summed E-state index contributed by atoms with van der Waals surface area (Å²) in [6, 6.07) is 1.56. The average molecular weight is 249 g/mol. The molecular weight excluding hydrogens is 234 g/mol. The maximum atomic E-state index is 11.7. The molecule has 0 spiro atoms. The zero-order valence-electron chi connectivity index (χ0n) is 10.3. The third kappa shape index (κ3) is 2.60. The third-order valence-corrected chi connectivity index (χ3v) is 2.70. The van der Waals surface area contributed by atoms with Gasteiger partial charge in [0.25, 0.3) is 5.91 Å². The van der Waals surface area contributed by atoms with Crippen LogP contribution in [0.2, 0.25) is 0 Å². The lowest BCUT2D eigenvalue weighted by molar-refractivity contribution is 0.0525. The van der Waals surface area contributed by atoms with E-state index in [2.05, 4.69) is 10.4 Å². The van der Waals surface area contributed by atoms with Crippen LogP contribution in [0.15, 0.2) is 35.4 Å². The van der Waals surface area contributed by atoms with E-state index in [1.54, 1.807) is 37.1 Å². The molecule has 0 aliphatic carbocycles. The summed E-state index contributed by atoms with van der Waals surface area (Å²) in [5.41, 5.74) is -0.0808. The normalized spacial score (nSPS) is 14.2. The molecule has 2 N–H and O–H groups in total. The minimum Gasteiger partial charge on any atom is -0.472 e. The van der Waals surface area contributed by atoms with Crippen LogP contribution in [-0.4, -0.2) is 27.3 Å². The monoisotopic (exact) mass is 249 g/mol. The third-order valence-electron chi connectivity index (χ3n) is 2.70. The first-order valence-electron chi connectivity index (χ1n) is 5.51. The minimum atomic E-state index is -1.16. The second-order valence-electron chi connectivity index (χ2n) is 4.37. The van der Waals surface area contributed by atoms with E-state index in [9.17, 15) is 9.90 Å². The Morgan fingerprint density at radius 3 is 3.00 bits per heavy atom. The molecule has 0 bridgehead atoms. The number of furan rings is 1. The molecule has 6 heteroatoms. The van der Waals surface area contributed by atoms with Crippen molar-refractivity contribution in [2.24, 2.45) is 7.05 Å². The highest BCUT2D eigenvalue weighted by Gasteiger charge is 2.25. The van der Waals surface area contributed by atoms with Crippen molar-refractivity contribution in [3.8, 4) is 0 Å². The summed E-state index contributed by atoms with van der Waals surface area (Å²) in [4.78, 5) is 11.7. The van der Waals surface area contributed by atoms with Crippen LogP contribution in [0, 0.1) is 0 Å². The van der Waals surface area contributed by atoms with Crippen molar-refractivity contribution in [2.45, 2.75) is 12.5 Å². The lowest BCUT2D eigenvalue weighted by atomic mass is 10.00. The Kier molecular flexibility index (Phi) is 3.20. The number of aromatic nitrogens is 2. The van der Waals surface area contributed by atoms with E-state index in [1.165, 1.54) is 12.5 Å². The van der Waals surface area contributed by atoms with Crippen molar-refractivity contribution in [1.29, 1.82) is 0 Å². The summed E-state index contributed by atoms with van der Waals surface area (Å²) in [6.45, 7) is 1.72. The number of nitrogens with zero attached hydrogens (tertiary/aromatic N) is 2. The first-order chi connectivity index (χ1) is 8.49. The lowest BCUT2D eigenvalue weighted by Gasteiger charge is -2.22. The maximum Gasteiger partial charge on any atom is 0.254 e. The number of rotatable bonds is 4. The van der Waals surface area contributed by atoms with Gasteiger partial charge < -0.3 is 14.8 Å². The second-order valence-corrected chi connectivity index (χ2v) is 4.37. The molecule has 0 aliphatic rings. The highest BCUT2D eigenvalue weighted by atomic mass is 16.3. The Morgan fingerprint density at radius 2 is 2.44 bits per heavy atom. The van der Waals surface area contributed by atoms with Gasteiger partial charge in [0.1, 0.15) is 11.9 Å². The van der Waals surface area contributed by atoms with Gasteiger partial charge >= 0.3 is 0 Å². The predicted octanol–water partition coefficient (Wildman–Crippen LogP) is 0.651. The van der Waals surface area contributed by atoms with Crippen molar-refractivity contribution < 1.29 is 14.3 Å². The smallest absolute Gasteiger partial charge is 0.254 e. The summed E-state index contributed by atoms with van der Waals surface area (Å²) in [6.07, 6.45) is 6.07. The fourth-order valence-electron chi connectivity index (χ4n) is 1.55. The number of hydrogen-bond acceptors (Lipinski definition) is 4.